The first-order valence-electron chi connectivity index (χ1n) is 8.83. The summed E-state index contributed by atoms with van der Waals surface area (Å²) in [5.41, 5.74) is 0.315. The van der Waals surface area contributed by atoms with Crippen LogP contribution >= 0.6 is 0 Å². The lowest BCUT2D eigenvalue weighted by molar-refractivity contribution is 0.582. The Morgan fingerprint density at radius 3 is 2.89 bits per heavy atom. The molecule has 2 aromatic rings. The fraction of sp³-hybridized carbons (Fsp3) is 0.368. The number of anilines is 1. The maximum Gasteiger partial charge on any atom is 0.191 e. The Labute approximate surface area is 156 Å². The molecule has 1 aromatic heterocycles. The minimum absolute atomic E-state index is 0.0866. The summed E-state index contributed by atoms with van der Waals surface area (Å²) in [5.74, 6) is -0.295. The van der Waals surface area contributed by atoms with Crippen LogP contribution in [0.25, 0.3) is 0 Å². The van der Waals surface area contributed by atoms with Crippen LogP contribution in [0, 0.1) is 17.5 Å². The summed E-state index contributed by atoms with van der Waals surface area (Å²) in [7, 11) is 1.64. The number of rotatable bonds is 5. The summed E-state index contributed by atoms with van der Waals surface area (Å²) in [6.07, 6.45) is 2.72. The molecule has 1 fully saturated rings. The van der Waals surface area contributed by atoms with Gasteiger partial charge in [0.05, 0.1) is 0 Å². The molecule has 0 aliphatic carbocycles. The molecule has 1 aliphatic rings. The highest BCUT2D eigenvalue weighted by Gasteiger charge is 2.25. The highest BCUT2D eigenvalue weighted by molar-refractivity contribution is 5.80. The zero-order chi connectivity index (χ0) is 19.2. The van der Waals surface area contributed by atoms with Crippen LogP contribution in [0.2, 0.25) is 0 Å². The highest BCUT2D eigenvalue weighted by Crippen LogP contribution is 2.20. The lowest BCUT2D eigenvalue weighted by Crippen LogP contribution is -2.45. The van der Waals surface area contributed by atoms with Gasteiger partial charge < -0.3 is 15.5 Å². The smallest absolute Gasteiger partial charge is 0.191 e. The summed E-state index contributed by atoms with van der Waals surface area (Å²) >= 11 is 0. The van der Waals surface area contributed by atoms with E-state index in [-0.39, 0.29) is 11.9 Å². The molecule has 0 saturated carbocycles. The van der Waals surface area contributed by atoms with Crippen molar-refractivity contribution in [2.75, 3.05) is 31.6 Å². The van der Waals surface area contributed by atoms with Gasteiger partial charge >= 0.3 is 0 Å². The first-order chi connectivity index (χ1) is 13.1. The number of benzene rings is 1. The molecule has 1 unspecified atom stereocenters. The molecule has 2 heterocycles. The molecule has 5 nitrogen and oxygen atoms in total. The second kappa shape index (κ2) is 8.75. The van der Waals surface area contributed by atoms with Crippen LogP contribution in [0.15, 0.2) is 41.5 Å². The van der Waals surface area contributed by atoms with Crippen LogP contribution in [-0.2, 0) is 6.42 Å². The molecule has 1 atom stereocenters. The van der Waals surface area contributed by atoms with E-state index in [0.29, 0.717) is 43.4 Å². The number of hydrogen-bond donors (Lipinski definition) is 2. The number of hydrogen-bond acceptors (Lipinski definition) is 3. The molecular formula is C19H22F3N5. The van der Waals surface area contributed by atoms with Gasteiger partial charge in [-0.25, -0.2) is 18.2 Å². The SMILES string of the molecule is CN=C(NCCc1cc(F)ccc1F)NC1CCN(c2ncccc2F)C1. The Bertz CT molecular complexity index is 812. The minimum Gasteiger partial charge on any atom is -0.356 e. The Morgan fingerprint density at radius 1 is 1.26 bits per heavy atom. The van der Waals surface area contributed by atoms with Gasteiger partial charge in [0.25, 0.3) is 0 Å². The number of aromatic nitrogens is 1. The van der Waals surface area contributed by atoms with E-state index in [0.717, 1.165) is 18.6 Å². The number of nitrogens with one attached hydrogen (secondary N) is 2. The Balaban J connectivity index is 1.49. The molecule has 1 saturated heterocycles. The lowest BCUT2D eigenvalue weighted by atomic mass is 10.1. The maximum absolute atomic E-state index is 13.9. The monoisotopic (exact) mass is 377 g/mol. The molecule has 8 heteroatoms. The van der Waals surface area contributed by atoms with E-state index in [1.165, 1.54) is 12.1 Å². The predicted octanol–water partition coefficient (Wildman–Crippen LogP) is 2.49. The average Bonchev–Trinajstić information content (AvgIpc) is 3.12. The van der Waals surface area contributed by atoms with Crippen molar-refractivity contribution in [3.05, 3.63) is 59.5 Å². The van der Waals surface area contributed by atoms with Gasteiger partial charge in [-0.3, -0.25) is 4.99 Å². The molecule has 0 amide bonds. The number of guanidine groups is 1. The fourth-order valence-electron chi connectivity index (χ4n) is 3.12. The van der Waals surface area contributed by atoms with Gasteiger partial charge in [-0.05, 0) is 48.7 Å². The number of pyridine rings is 1. The molecular weight excluding hydrogens is 355 g/mol. The van der Waals surface area contributed by atoms with E-state index < -0.39 is 11.6 Å². The van der Waals surface area contributed by atoms with Crippen molar-refractivity contribution in [1.82, 2.24) is 15.6 Å². The zero-order valence-electron chi connectivity index (χ0n) is 15.1. The highest BCUT2D eigenvalue weighted by atomic mass is 19.1. The second-order valence-corrected chi connectivity index (χ2v) is 6.37. The van der Waals surface area contributed by atoms with Crippen LogP contribution in [0.1, 0.15) is 12.0 Å². The van der Waals surface area contributed by atoms with Gasteiger partial charge in [-0.1, -0.05) is 0 Å². The summed E-state index contributed by atoms with van der Waals surface area (Å²) < 4.78 is 40.7. The molecule has 1 aliphatic heterocycles. The van der Waals surface area contributed by atoms with Crippen molar-refractivity contribution in [2.45, 2.75) is 18.9 Å². The van der Waals surface area contributed by atoms with Crippen LogP contribution in [0.5, 0.6) is 0 Å². The standard InChI is InChI=1S/C19H22F3N5/c1-23-19(25-9-6-13-11-14(20)4-5-16(13)21)26-15-7-10-27(12-15)18-17(22)3-2-8-24-18/h2-5,8,11,15H,6-7,9-10,12H2,1H3,(H2,23,25,26). The molecule has 144 valence electrons. The van der Waals surface area contributed by atoms with Gasteiger partial charge in [0.2, 0.25) is 0 Å². The van der Waals surface area contributed by atoms with E-state index in [2.05, 4.69) is 20.6 Å². The predicted molar refractivity (Wildman–Crippen MR) is 99.4 cm³/mol. The topological polar surface area (TPSA) is 52.6 Å². The van der Waals surface area contributed by atoms with Crippen molar-refractivity contribution in [2.24, 2.45) is 4.99 Å². The van der Waals surface area contributed by atoms with Crippen LogP contribution in [0.3, 0.4) is 0 Å². The number of halogens is 3. The summed E-state index contributed by atoms with van der Waals surface area (Å²) in [6.45, 7) is 1.70. The lowest BCUT2D eigenvalue weighted by Gasteiger charge is -2.20. The summed E-state index contributed by atoms with van der Waals surface area (Å²) in [4.78, 5) is 10.2. The fourth-order valence-corrected chi connectivity index (χ4v) is 3.12. The van der Waals surface area contributed by atoms with Crippen LogP contribution in [-0.4, -0.2) is 43.7 Å². The van der Waals surface area contributed by atoms with Crippen molar-refractivity contribution in [1.29, 1.82) is 0 Å². The maximum atomic E-state index is 13.9. The normalized spacial score (nSPS) is 17.3. The summed E-state index contributed by atoms with van der Waals surface area (Å²) in [6, 6.07) is 6.48. The molecule has 1 aromatic carbocycles. The minimum atomic E-state index is -0.457. The van der Waals surface area contributed by atoms with Gasteiger partial charge in [0.15, 0.2) is 17.6 Å². The molecule has 0 bridgehead atoms. The Hall–Kier alpha value is -2.77. The first kappa shape index (κ1) is 19.0. The zero-order valence-corrected chi connectivity index (χ0v) is 15.1. The van der Waals surface area contributed by atoms with Crippen LogP contribution in [0.4, 0.5) is 19.0 Å². The van der Waals surface area contributed by atoms with E-state index in [1.807, 2.05) is 4.90 Å². The van der Waals surface area contributed by atoms with Crippen molar-refractivity contribution >= 4 is 11.8 Å². The molecule has 0 radical (unpaired) electrons. The average molecular weight is 377 g/mol. The summed E-state index contributed by atoms with van der Waals surface area (Å²) in [5, 5.41) is 6.38. The largest absolute Gasteiger partial charge is 0.356 e. The molecule has 2 N–H and O–H groups in total. The quantitative estimate of drug-likeness (QED) is 0.621. The third-order valence-corrected chi connectivity index (χ3v) is 4.49. The van der Waals surface area contributed by atoms with Gasteiger partial charge in [0, 0.05) is 38.9 Å². The second-order valence-electron chi connectivity index (χ2n) is 6.37. The first-order valence-corrected chi connectivity index (χ1v) is 8.83. The van der Waals surface area contributed by atoms with Crippen molar-refractivity contribution < 1.29 is 13.2 Å². The van der Waals surface area contributed by atoms with E-state index in [9.17, 15) is 13.2 Å². The van der Waals surface area contributed by atoms with Gasteiger partial charge in [0.1, 0.15) is 11.6 Å². The Kier molecular flexibility index (Phi) is 6.16. The third kappa shape index (κ3) is 4.90. The molecule has 27 heavy (non-hydrogen) atoms. The Morgan fingerprint density at radius 2 is 2.11 bits per heavy atom. The van der Waals surface area contributed by atoms with Crippen molar-refractivity contribution in [3.8, 4) is 0 Å². The van der Waals surface area contributed by atoms with E-state index in [1.54, 1.807) is 19.3 Å². The molecule has 0 spiro atoms. The van der Waals surface area contributed by atoms with E-state index >= 15 is 0 Å². The third-order valence-electron chi connectivity index (χ3n) is 4.49. The van der Waals surface area contributed by atoms with E-state index in [4.69, 9.17) is 0 Å². The van der Waals surface area contributed by atoms with Crippen molar-refractivity contribution in [3.63, 3.8) is 0 Å². The number of nitrogens with zero attached hydrogens (tertiary/aromatic N) is 3. The van der Waals surface area contributed by atoms with Gasteiger partial charge in [-0.15, -0.1) is 0 Å². The van der Waals surface area contributed by atoms with Gasteiger partial charge in [-0.2, -0.15) is 0 Å². The van der Waals surface area contributed by atoms with Crippen LogP contribution < -0.4 is 15.5 Å². The molecule has 3 rings (SSSR count). The number of aliphatic imine (C=N–C) groups is 1.